The fraction of sp³-hybridized carbons (Fsp3) is 0.657. The maximum absolute atomic E-state index is 13.6. The van der Waals surface area contributed by atoms with Gasteiger partial charge in [0.15, 0.2) is 5.78 Å². The van der Waals surface area contributed by atoms with Crippen LogP contribution >= 0.6 is 0 Å². The number of rotatable bonds is 29. The molecule has 0 fully saturated rings. The van der Waals surface area contributed by atoms with Crippen LogP contribution in [0.5, 0.6) is 5.75 Å². The normalized spacial score (nSPS) is 11.1. The predicted molar refractivity (Wildman–Crippen MR) is 175 cm³/mol. The zero-order valence-electron chi connectivity index (χ0n) is 28.7. The van der Waals surface area contributed by atoms with Crippen LogP contribution in [0.2, 0.25) is 0 Å². The van der Waals surface area contributed by atoms with Gasteiger partial charge in [0.1, 0.15) is 28.9 Å². The molecular weight excluding hydrogens is 610 g/mol. The molecule has 0 radical (unpaired) electrons. The van der Waals surface area contributed by atoms with E-state index in [1.54, 1.807) is 12.1 Å². The van der Waals surface area contributed by atoms with E-state index in [0.717, 1.165) is 12.8 Å². The van der Waals surface area contributed by atoms with E-state index in [2.05, 4.69) is 5.32 Å². The average molecular weight is 664 g/mol. The molecular formula is C35H53NO11. The van der Waals surface area contributed by atoms with Gasteiger partial charge >= 0.3 is 0 Å². The Kier molecular flexibility index (Phi) is 22.0. The number of hydrogen-bond donors (Lipinski definition) is 1. The molecule has 0 unspecified atom stereocenters. The highest BCUT2D eigenvalue weighted by Crippen LogP contribution is 2.21. The largest absolute Gasteiger partial charge is 0.494 e. The summed E-state index contributed by atoms with van der Waals surface area (Å²) in [5.74, 6) is -0.776. The lowest BCUT2D eigenvalue weighted by Gasteiger charge is -2.20. The molecule has 47 heavy (non-hydrogen) atoms. The number of carbonyl (C=O) groups is 6. The minimum Gasteiger partial charge on any atom is -0.494 e. The fourth-order valence-corrected chi connectivity index (χ4v) is 4.07. The standard InChI is InChI=1S/C35H53NO11/c1-6-7-12-47-33-19-30(34(41)17-29(21-43-13-8-25(2)37)22-44-14-9-26(3)38)18-31(20-33)35(42)36-32(23-45-15-10-27(4)39)24-46-16-11-28(5)40/h18-20,29,32H,6-17,21-24H2,1-5H3,(H,36,42). The third-order valence-corrected chi connectivity index (χ3v) is 6.81. The number of amides is 1. The SMILES string of the molecule is CCCCOc1cc(C(=O)CC(COCCC(C)=O)COCCC(C)=O)cc(C(=O)NC(COCCC(C)=O)COCCC(C)=O)c1. The number of Topliss-reactive ketones (excluding diaryl/α,β-unsaturated/α-hetero) is 5. The molecule has 1 amide bonds. The van der Waals surface area contributed by atoms with Gasteiger partial charge in [0, 0.05) is 49.1 Å². The van der Waals surface area contributed by atoms with Gasteiger partial charge in [-0.15, -0.1) is 0 Å². The van der Waals surface area contributed by atoms with Crippen LogP contribution < -0.4 is 10.1 Å². The van der Waals surface area contributed by atoms with Crippen molar-refractivity contribution in [1.29, 1.82) is 0 Å². The van der Waals surface area contributed by atoms with E-state index >= 15 is 0 Å². The Morgan fingerprint density at radius 3 is 1.51 bits per heavy atom. The zero-order chi connectivity index (χ0) is 35.0. The molecule has 0 aliphatic rings. The molecule has 0 aromatic heterocycles. The first kappa shape index (κ1) is 41.7. The Balaban J connectivity index is 3.14. The van der Waals surface area contributed by atoms with Gasteiger partial charge in [-0.1, -0.05) is 13.3 Å². The van der Waals surface area contributed by atoms with Crippen LogP contribution in [-0.2, 0) is 38.1 Å². The minimum absolute atomic E-state index is 0.00601. The van der Waals surface area contributed by atoms with Crippen LogP contribution in [0.25, 0.3) is 0 Å². The Hall–Kier alpha value is -3.32. The van der Waals surface area contributed by atoms with Gasteiger partial charge in [0.2, 0.25) is 0 Å². The summed E-state index contributed by atoms with van der Waals surface area (Å²) in [4.78, 5) is 72.3. The molecule has 0 saturated heterocycles. The Bertz CT molecular complexity index is 1030. The molecule has 1 rings (SSSR count). The van der Waals surface area contributed by atoms with Crippen LogP contribution in [0.4, 0.5) is 0 Å². The Labute approximate surface area is 278 Å². The molecule has 12 heteroatoms. The van der Waals surface area contributed by atoms with Gasteiger partial charge in [0.05, 0.1) is 65.5 Å². The Morgan fingerprint density at radius 1 is 0.617 bits per heavy atom. The van der Waals surface area contributed by atoms with E-state index in [1.807, 2.05) is 6.92 Å². The average Bonchev–Trinajstić information content (AvgIpc) is 3.00. The lowest BCUT2D eigenvalue weighted by atomic mass is 9.97. The van der Waals surface area contributed by atoms with Crippen LogP contribution in [0, 0.1) is 5.92 Å². The molecule has 12 nitrogen and oxygen atoms in total. The molecule has 0 atom stereocenters. The summed E-state index contributed by atoms with van der Waals surface area (Å²) >= 11 is 0. The van der Waals surface area contributed by atoms with Crippen molar-refractivity contribution in [3.05, 3.63) is 29.3 Å². The minimum atomic E-state index is -0.589. The maximum atomic E-state index is 13.6. The molecule has 0 heterocycles. The number of ketones is 5. The second kappa shape index (κ2) is 24.8. The van der Waals surface area contributed by atoms with E-state index in [4.69, 9.17) is 23.7 Å². The highest BCUT2D eigenvalue weighted by atomic mass is 16.5. The summed E-state index contributed by atoms with van der Waals surface area (Å²) in [7, 11) is 0. The number of unbranched alkanes of at least 4 members (excludes halogenated alkanes) is 1. The van der Waals surface area contributed by atoms with Crippen molar-refractivity contribution in [3.8, 4) is 5.75 Å². The van der Waals surface area contributed by atoms with Crippen molar-refractivity contribution in [1.82, 2.24) is 5.32 Å². The van der Waals surface area contributed by atoms with Gasteiger partial charge in [-0.3, -0.25) is 28.8 Å². The smallest absolute Gasteiger partial charge is 0.251 e. The van der Waals surface area contributed by atoms with Gasteiger partial charge in [0.25, 0.3) is 5.91 Å². The third-order valence-electron chi connectivity index (χ3n) is 6.81. The van der Waals surface area contributed by atoms with E-state index < -0.39 is 11.9 Å². The number of carbonyl (C=O) groups excluding carboxylic acids is 6. The van der Waals surface area contributed by atoms with E-state index in [9.17, 15) is 28.8 Å². The number of hydrogen-bond acceptors (Lipinski definition) is 11. The molecule has 264 valence electrons. The van der Waals surface area contributed by atoms with Gasteiger partial charge in [-0.05, 0) is 52.3 Å². The number of nitrogens with one attached hydrogen (secondary N) is 1. The first-order chi connectivity index (χ1) is 22.4. The number of benzene rings is 1. The third kappa shape index (κ3) is 21.2. The van der Waals surface area contributed by atoms with Crippen molar-refractivity contribution in [2.24, 2.45) is 5.92 Å². The molecule has 1 aromatic carbocycles. The lowest BCUT2D eigenvalue weighted by Crippen LogP contribution is -2.42. The summed E-state index contributed by atoms with van der Waals surface area (Å²) in [5, 5.41) is 2.88. The first-order valence-electron chi connectivity index (χ1n) is 16.3. The lowest BCUT2D eigenvalue weighted by molar-refractivity contribution is -0.119. The molecule has 0 spiro atoms. The maximum Gasteiger partial charge on any atom is 0.251 e. The Morgan fingerprint density at radius 2 is 1.06 bits per heavy atom. The highest BCUT2D eigenvalue weighted by molar-refractivity contribution is 6.01. The van der Waals surface area contributed by atoms with Crippen molar-refractivity contribution in [2.45, 2.75) is 85.6 Å². The van der Waals surface area contributed by atoms with Gasteiger partial charge in [-0.25, -0.2) is 0 Å². The summed E-state index contributed by atoms with van der Waals surface area (Å²) in [6.07, 6.45) is 2.70. The van der Waals surface area contributed by atoms with Crippen LogP contribution in [0.3, 0.4) is 0 Å². The van der Waals surface area contributed by atoms with Crippen molar-refractivity contribution >= 4 is 34.8 Å². The van der Waals surface area contributed by atoms with E-state index in [1.165, 1.54) is 33.8 Å². The topological polar surface area (TPSA) is 161 Å². The second-order valence-electron chi connectivity index (χ2n) is 11.7. The summed E-state index contributed by atoms with van der Waals surface area (Å²) < 4.78 is 28.4. The van der Waals surface area contributed by atoms with E-state index in [0.29, 0.717) is 12.4 Å². The molecule has 0 saturated carbocycles. The molecule has 0 aliphatic heterocycles. The zero-order valence-corrected chi connectivity index (χ0v) is 28.7. The molecule has 0 aliphatic carbocycles. The fourth-order valence-electron chi connectivity index (χ4n) is 4.07. The van der Waals surface area contributed by atoms with Gasteiger partial charge in [-0.2, -0.15) is 0 Å². The monoisotopic (exact) mass is 663 g/mol. The molecule has 1 N–H and O–H groups in total. The van der Waals surface area contributed by atoms with Crippen molar-refractivity contribution < 1.29 is 52.5 Å². The molecule has 1 aromatic rings. The predicted octanol–water partition coefficient (Wildman–Crippen LogP) is 4.14. The highest BCUT2D eigenvalue weighted by Gasteiger charge is 2.21. The summed E-state index contributed by atoms with van der Waals surface area (Å²) in [5.41, 5.74) is 0.473. The number of ether oxygens (including phenoxy) is 5. The second-order valence-corrected chi connectivity index (χ2v) is 11.7. The van der Waals surface area contributed by atoms with Gasteiger partial charge < -0.3 is 29.0 Å². The summed E-state index contributed by atoms with van der Waals surface area (Å²) in [6.45, 7) is 9.63. The van der Waals surface area contributed by atoms with Crippen LogP contribution in [0.15, 0.2) is 18.2 Å². The van der Waals surface area contributed by atoms with Crippen molar-refractivity contribution in [3.63, 3.8) is 0 Å². The van der Waals surface area contributed by atoms with Crippen LogP contribution in [0.1, 0.15) is 100 Å². The quantitative estimate of drug-likeness (QED) is 0.0969. The van der Waals surface area contributed by atoms with Crippen LogP contribution in [-0.4, -0.2) is 100 Å². The summed E-state index contributed by atoms with van der Waals surface area (Å²) in [6, 6.07) is 4.08. The van der Waals surface area contributed by atoms with Crippen molar-refractivity contribution in [2.75, 3.05) is 59.5 Å². The first-order valence-corrected chi connectivity index (χ1v) is 16.3. The van der Waals surface area contributed by atoms with E-state index in [-0.39, 0.29) is 131 Å². The molecule has 0 bridgehead atoms.